The molecule has 1 amide bonds. The highest BCUT2D eigenvalue weighted by atomic mass is 35.5. The van der Waals surface area contributed by atoms with Crippen LogP contribution in [0.2, 0.25) is 10.0 Å². The molecule has 0 saturated carbocycles. The number of anilines is 1. The van der Waals surface area contributed by atoms with Crippen molar-refractivity contribution in [3.8, 4) is 0 Å². The van der Waals surface area contributed by atoms with E-state index in [4.69, 9.17) is 28.2 Å². The summed E-state index contributed by atoms with van der Waals surface area (Å²) in [5.41, 5.74) is 2.93. The zero-order valence-electron chi connectivity index (χ0n) is 17.3. The Morgan fingerprint density at radius 2 is 1.83 bits per heavy atom. The van der Waals surface area contributed by atoms with Crippen LogP contribution in [-0.4, -0.2) is 17.4 Å². The number of amides is 1. The second-order valence-electron chi connectivity index (χ2n) is 8.09. The van der Waals surface area contributed by atoms with E-state index >= 15 is 0 Å². The van der Waals surface area contributed by atoms with E-state index in [1.807, 2.05) is 42.5 Å². The largest absolute Gasteiger partial charge is 0.304 e. The van der Waals surface area contributed by atoms with Crippen LogP contribution in [0.3, 0.4) is 0 Å². The summed E-state index contributed by atoms with van der Waals surface area (Å²) in [7, 11) is 0. The van der Waals surface area contributed by atoms with Crippen molar-refractivity contribution in [3.63, 3.8) is 0 Å². The number of carbonyl (C=O) groups is 1. The smallest absolute Gasteiger partial charge is 0.240 e. The van der Waals surface area contributed by atoms with Crippen LogP contribution in [-0.2, 0) is 23.2 Å². The highest BCUT2D eigenvalue weighted by Gasteiger charge is 2.24. The standard InChI is InChI=1S/C23H25Cl2N3OS/c1-23(2,3)21-19(11-16-9-10-17(24)12-18(16)25)30-22(28-21)27-20(29)14-26-13-15-7-5-4-6-8-15/h4-10,12,26H,11,13-14H2,1-3H3,(H,27,28,29). The number of thiazole rings is 1. The molecule has 0 bridgehead atoms. The Labute approximate surface area is 191 Å². The van der Waals surface area contributed by atoms with Crippen molar-refractivity contribution in [1.29, 1.82) is 0 Å². The molecule has 0 aliphatic heterocycles. The topological polar surface area (TPSA) is 54.0 Å². The monoisotopic (exact) mass is 461 g/mol. The first-order valence-corrected chi connectivity index (χ1v) is 11.3. The van der Waals surface area contributed by atoms with E-state index in [1.54, 1.807) is 6.07 Å². The summed E-state index contributed by atoms with van der Waals surface area (Å²) in [4.78, 5) is 18.2. The van der Waals surface area contributed by atoms with Crippen LogP contribution in [0.4, 0.5) is 5.13 Å². The van der Waals surface area contributed by atoms with Gasteiger partial charge in [0, 0.05) is 33.3 Å². The molecule has 3 rings (SSSR count). The number of halogens is 2. The maximum Gasteiger partial charge on any atom is 0.240 e. The molecule has 30 heavy (non-hydrogen) atoms. The predicted molar refractivity (Wildman–Crippen MR) is 127 cm³/mol. The van der Waals surface area contributed by atoms with Crippen molar-refractivity contribution in [2.75, 3.05) is 11.9 Å². The minimum absolute atomic E-state index is 0.115. The van der Waals surface area contributed by atoms with Crippen molar-refractivity contribution < 1.29 is 4.79 Å². The van der Waals surface area contributed by atoms with E-state index in [9.17, 15) is 4.79 Å². The van der Waals surface area contributed by atoms with Gasteiger partial charge in [0.2, 0.25) is 5.91 Å². The molecule has 7 heteroatoms. The van der Waals surface area contributed by atoms with Crippen LogP contribution in [0.1, 0.15) is 42.5 Å². The zero-order chi connectivity index (χ0) is 21.7. The summed E-state index contributed by atoms with van der Waals surface area (Å²) in [6.07, 6.45) is 0.641. The van der Waals surface area contributed by atoms with Gasteiger partial charge in [-0.2, -0.15) is 0 Å². The zero-order valence-corrected chi connectivity index (χ0v) is 19.6. The first-order chi connectivity index (χ1) is 14.2. The fourth-order valence-electron chi connectivity index (χ4n) is 3.03. The number of aromatic nitrogens is 1. The number of hydrogen-bond acceptors (Lipinski definition) is 4. The lowest BCUT2D eigenvalue weighted by molar-refractivity contribution is -0.115. The molecule has 0 aliphatic carbocycles. The van der Waals surface area contributed by atoms with Crippen molar-refractivity contribution >= 4 is 45.6 Å². The predicted octanol–water partition coefficient (Wildman–Crippen LogP) is 6.07. The van der Waals surface area contributed by atoms with Crippen molar-refractivity contribution in [2.24, 2.45) is 0 Å². The number of carbonyl (C=O) groups excluding carboxylic acids is 1. The molecule has 1 heterocycles. The van der Waals surface area contributed by atoms with E-state index in [0.717, 1.165) is 21.7 Å². The van der Waals surface area contributed by atoms with Gasteiger partial charge >= 0.3 is 0 Å². The van der Waals surface area contributed by atoms with Crippen molar-refractivity contribution in [3.05, 3.63) is 80.3 Å². The molecule has 0 saturated heterocycles. The molecule has 0 aliphatic rings. The van der Waals surface area contributed by atoms with Crippen LogP contribution in [0.25, 0.3) is 0 Å². The van der Waals surface area contributed by atoms with Crippen LogP contribution >= 0.6 is 34.5 Å². The Morgan fingerprint density at radius 3 is 2.50 bits per heavy atom. The van der Waals surface area contributed by atoms with Crippen LogP contribution < -0.4 is 10.6 Å². The summed E-state index contributed by atoms with van der Waals surface area (Å²) in [6, 6.07) is 15.5. The van der Waals surface area contributed by atoms with Gasteiger partial charge in [0.05, 0.1) is 12.2 Å². The lowest BCUT2D eigenvalue weighted by Gasteiger charge is -2.17. The molecule has 158 valence electrons. The number of hydrogen-bond donors (Lipinski definition) is 2. The van der Waals surface area contributed by atoms with Gasteiger partial charge in [-0.1, -0.05) is 80.4 Å². The van der Waals surface area contributed by atoms with E-state index in [0.29, 0.717) is 28.1 Å². The summed E-state index contributed by atoms with van der Waals surface area (Å²) in [5, 5.41) is 7.93. The van der Waals surface area contributed by atoms with Gasteiger partial charge in [0.15, 0.2) is 5.13 Å². The molecule has 0 atom stereocenters. The van der Waals surface area contributed by atoms with Crippen LogP contribution in [0.15, 0.2) is 48.5 Å². The normalized spacial score (nSPS) is 11.5. The van der Waals surface area contributed by atoms with Gasteiger partial charge in [0.25, 0.3) is 0 Å². The number of rotatable bonds is 7. The van der Waals surface area contributed by atoms with E-state index < -0.39 is 0 Å². The molecular weight excluding hydrogens is 437 g/mol. The minimum atomic E-state index is -0.154. The molecule has 3 aromatic rings. The lowest BCUT2D eigenvalue weighted by atomic mass is 9.90. The summed E-state index contributed by atoms with van der Waals surface area (Å²) in [5.74, 6) is -0.115. The Hall–Kier alpha value is -1.92. The Bertz CT molecular complexity index is 1010. The molecular formula is C23H25Cl2N3OS. The van der Waals surface area contributed by atoms with E-state index in [2.05, 4.69) is 31.4 Å². The average molecular weight is 462 g/mol. The average Bonchev–Trinajstić information content (AvgIpc) is 3.07. The summed E-state index contributed by atoms with van der Waals surface area (Å²) < 4.78 is 0. The summed E-state index contributed by atoms with van der Waals surface area (Å²) in [6.45, 7) is 7.20. The Kier molecular flexibility index (Phi) is 7.53. The van der Waals surface area contributed by atoms with Crippen LogP contribution in [0.5, 0.6) is 0 Å². The van der Waals surface area contributed by atoms with Crippen molar-refractivity contribution in [2.45, 2.75) is 39.2 Å². The second kappa shape index (κ2) is 9.92. The second-order valence-corrected chi connectivity index (χ2v) is 10.0. The van der Waals surface area contributed by atoms with Crippen LogP contribution in [0, 0.1) is 0 Å². The van der Waals surface area contributed by atoms with Gasteiger partial charge in [-0.15, -0.1) is 11.3 Å². The van der Waals surface area contributed by atoms with Gasteiger partial charge in [-0.25, -0.2) is 4.98 Å². The molecule has 2 aromatic carbocycles. The SMILES string of the molecule is CC(C)(C)c1nc(NC(=O)CNCc2ccccc2)sc1Cc1ccc(Cl)cc1Cl. The van der Waals surface area contributed by atoms with Gasteiger partial charge in [-0.3, -0.25) is 4.79 Å². The van der Waals surface area contributed by atoms with E-state index in [-0.39, 0.29) is 17.9 Å². The molecule has 4 nitrogen and oxygen atoms in total. The maximum atomic E-state index is 12.4. The fraction of sp³-hybridized carbons (Fsp3) is 0.304. The third-order valence-corrected chi connectivity index (χ3v) is 6.04. The number of benzene rings is 2. The first kappa shape index (κ1) is 22.8. The lowest BCUT2D eigenvalue weighted by Crippen LogP contribution is -2.27. The number of nitrogens with zero attached hydrogens (tertiary/aromatic N) is 1. The van der Waals surface area contributed by atoms with Gasteiger partial charge in [0.1, 0.15) is 0 Å². The maximum absolute atomic E-state index is 12.4. The highest BCUT2D eigenvalue weighted by Crippen LogP contribution is 2.35. The Balaban J connectivity index is 1.68. The fourth-order valence-corrected chi connectivity index (χ4v) is 4.72. The molecule has 1 aromatic heterocycles. The first-order valence-electron chi connectivity index (χ1n) is 9.71. The molecule has 0 spiro atoms. The van der Waals surface area contributed by atoms with Gasteiger partial charge in [-0.05, 0) is 23.3 Å². The molecule has 0 fully saturated rings. The molecule has 0 radical (unpaired) electrons. The minimum Gasteiger partial charge on any atom is -0.304 e. The molecule has 0 unspecified atom stereocenters. The third kappa shape index (κ3) is 6.29. The van der Waals surface area contributed by atoms with E-state index in [1.165, 1.54) is 11.3 Å². The number of nitrogens with one attached hydrogen (secondary N) is 2. The third-order valence-electron chi connectivity index (χ3n) is 4.48. The van der Waals surface area contributed by atoms with Gasteiger partial charge < -0.3 is 10.6 Å². The quantitative estimate of drug-likeness (QED) is 0.448. The molecule has 2 N–H and O–H groups in total. The summed E-state index contributed by atoms with van der Waals surface area (Å²) >= 11 is 13.9. The van der Waals surface area contributed by atoms with Crippen molar-refractivity contribution in [1.82, 2.24) is 10.3 Å². The highest BCUT2D eigenvalue weighted by molar-refractivity contribution is 7.15. The Morgan fingerprint density at radius 1 is 1.10 bits per heavy atom.